The molecule has 0 aliphatic rings. The van der Waals surface area contributed by atoms with Crippen molar-refractivity contribution in [3.05, 3.63) is 40.2 Å². The fourth-order valence-electron chi connectivity index (χ4n) is 2.11. The summed E-state index contributed by atoms with van der Waals surface area (Å²) in [7, 11) is 3.61. The Morgan fingerprint density at radius 2 is 2.05 bits per heavy atom. The third-order valence-corrected chi connectivity index (χ3v) is 3.10. The number of rotatable bonds is 5. The number of ether oxygens (including phenoxy) is 2. The van der Waals surface area contributed by atoms with Crippen molar-refractivity contribution in [1.29, 1.82) is 0 Å². The average molecular weight is 261 g/mol. The number of fused-ring (bicyclic) bond motifs is 1. The molecule has 4 heteroatoms. The van der Waals surface area contributed by atoms with Gasteiger partial charge in [-0.05, 0) is 19.1 Å². The van der Waals surface area contributed by atoms with E-state index in [1.54, 1.807) is 7.11 Å². The van der Waals surface area contributed by atoms with Crippen LogP contribution in [0.2, 0.25) is 0 Å². The minimum atomic E-state index is 0.0824. The summed E-state index contributed by atoms with van der Waals surface area (Å²) < 4.78 is 12.6. The predicted molar refractivity (Wildman–Crippen MR) is 75.9 cm³/mol. The van der Waals surface area contributed by atoms with Gasteiger partial charge < -0.3 is 14.0 Å². The van der Waals surface area contributed by atoms with E-state index in [1.165, 1.54) is 0 Å². The number of hydrogen-bond donors (Lipinski definition) is 0. The average Bonchev–Trinajstić information content (AvgIpc) is 2.41. The van der Waals surface area contributed by atoms with Crippen LogP contribution in [-0.4, -0.2) is 24.9 Å². The summed E-state index contributed by atoms with van der Waals surface area (Å²) in [5.41, 5.74) is 1.72. The van der Waals surface area contributed by atoms with Gasteiger partial charge >= 0.3 is 0 Å². The summed E-state index contributed by atoms with van der Waals surface area (Å²) in [5, 5.41) is 0.728. The SMILES string of the molecule is COCCCOc1ccc2c(=O)c(C)cn(C)c2c1. The highest BCUT2D eigenvalue weighted by molar-refractivity contribution is 5.81. The van der Waals surface area contributed by atoms with Crippen LogP contribution in [0.5, 0.6) is 5.75 Å². The molecule has 0 unspecified atom stereocenters. The summed E-state index contributed by atoms with van der Waals surface area (Å²) in [6.07, 6.45) is 2.70. The second-order valence-corrected chi connectivity index (χ2v) is 4.63. The van der Waals surface area contributed by atoms with Gasteiger partial charge in [0.2, 0.25) is 0 Å². The lowest BCUT2D eigenvalue weighted by Crippen LogP contribution is -2.10. The second-order valence-electron chi connectivity index (χ2n) is 4.63. The van der Waals surface area contributed by atoms with Crippen LogP contribution in [0, 0.1) is 6.92 Å². The summed E-state index contributed by atoms with van der Waals surface area (Å²) in [6.45, 7) is 3.13. The molecule has 0 fully saturated rings. The van der Waals surface area contributed by atoms with Gasteiger partial charge in [-0.15, -0.1) is 0 Å². The van der Waals surface area contributed by atoms with Gasteiger partial charge in [0.25, 0.3) is 0 Å². The van der Waals surface area contributed by atoms with Gasteiger partial charge in [0.05, 0.1) is 12.1 Å². The van der Waals surface area contributed by atoms with Crippen LogP contribution in [-0.2, 0) is 11.8 Å². The number of pyridine rings is 1. The smallest absolute Gasteiger partial charge is 0.192 e. The van der Waals surface area contributed by atoms with E-state index in [0.717, 1.165) is 28.6 Å². The normalized spacial score (nSPS) is 10.9. The van der Waals surface area contributed by atoms with E-state index in [9.17, 15) is 4.79 Å². The van der Waals surface area contributed by atoms with Crippen molar-refractivity contribution in [3.8, 4) is 5.75 Å². The maximum Gasteiger partial charge on any atom is 0.192 e. The van der Waals surface area contributed by atoms with E-state index in [0.29, 0.717) is 13.2 Å². The molecule has 0 spiro atoms. The number of benzene rings is 1. The van der Waals surface area contributed by atoms with Crippen LogP contribution < -0.4 is 10.2 Å². The van der Waals surface area contributed by atoms with Crippen LogP contribution in [0.25, 0.3) is 10.9 Å². The number of nitrogens with zero attached hydrogens (tertiary/aromatic N) is 1. The fraction of sp³-hybridized carbons (Fsp3) is 0.400. The standard InChI is InChI=1S/C15H19NO3/c1-11-10-16(2)14-9-12(19-8-4-7-18-3)5-6-13(14)15(11)17/h5-6,9-10H,4,7-8H2,1-3H3. The summed E-state index contributed by atoms with van der Waals surface area (Å²) in [5.74, 6) is 0.780. The lowest BCUT2D eigenvalue weighted by molar-refractivity contribution is 0.172. The van der Waals surface area contributed by atoms with Crippen molar-refractivity contribution in [3.63, 3.8) is 0 Å². The van der Waals surface area contributed by atoms with E-state index >= 15 is 0 Å². The molecule has 0 bridgehead atoms. The Labute approximate surface area is 112 Å². The Balaban J connectivity index is 2.28. The Morgan fingerprint density at radius 3 is 2.79 bits per heavy atom. The zero-order valence-corrected chi connectivity index (χ0v) is 11.6. The fourth-order valence-corrected chi connectivity index (χ4v) is 2.11. The zero-order valence-electron chi connectivity index (χ0n) is 11.6. The van der Waals surface area contributed by atoms with Crippen LogP contribution >= 0.6 is 0 Å². The van der Waals surface area contributed by atoms with Gasteiger partial charge in [-0.1, -0.05) is 0 Å². The topological polar surface area (TPSA) is 40.5 Å². The summed E-state index contributed by atoms with van der Waals surface area (Å²) in [6, 6.07) is 5.58. The molecule has 102 valence electrons. The van der Waals surface area contributed by atoms with Crippen molar-refractivity contribution in [2.45, 2.75) is 13.3 Å². The van der Waals surface area contributed by atoms with Crippen molar-refractivity contribution in [2.24, 2.45) is 7.05 Å². The molecule has 0 aliphatic heterocycles. The van der Waals surface area contributed by atoms with Gasteiger partial charge in [-0.3, -0.25) is 4.79 Å². The molecule has 2 aromatic rings. The molecule has 1 aromatic heterocycles. The first-order chi connectivity index (χ1) is 9.13. The molecule has 4 nitrogen and oxygen atoms in total. The molecule has 0 N–H and O–H groups in total. The monoisotopic (exact) mass is 261 g/mol. The summed E-state index contributed by atoms with van der Waals surface area (Å²) >= 11 is 0. The molecule has 0 saturated heterocycles. The minimum Gasteiger partial charge on any atom is -0.493 e. The van der Waals surface area contributed by atoms with E-state index in [2.05, 4.69) is 0 Å². The number of methoxy groups -OCH3 is 1. The molecule has 0 atom stereocenters. The second kappa shape index (κ2) is 5.89. The first kappa shape index (κ1) is 13.6. The molecule has 1 heterocycles. The van der Waals surface area contributed by atoms with Crippen LogP contribution in [0.3, 0.4) is 0 Å². The molecule has 0 aliphatic carbocycles. The first-order valence-electron chi connectivity index (χ1n) is 6.35. The van der Waals surface area contributed by atoms with Crippen molar-refractivity contribution in [2.75, 3.05) is 20.3 Å². The van der Waals surface area contributed by atoms with E-state index in [1.807, 2.05) is 42.9 Å². The molecular formula is C15H19NO3. The molecule has 19 heavy (non-hydrogen) atoms. The minimum absolute atomic E-state index is 0.0824. The van der Waals surface area contributed by atoms with Crippen molar-refractivity contribution in [1.82, 2.24) is 4.57 Å². The highest BCUT2D eigenvalue weighted by Gasteiger charge is 2.05. The molecule has 1 aromatic carbocycles. The lowest BCUT2D eigenvalue weighted by Gasteiger charge is -2.10. The summed E-state index contributed by atoms with van der Waals surface area (Å²) in [4.78, 5) is 12.0. The highest BCUT2D eigenvalue weighted by atomic mass is 16.5. The first-order valence-corrected chi connectivity index (χ1v) is 6.35. The number of hydrogen-bond acceptors (Lipinski definition) is 3. The molecular weight excluding hydrogens is 242 g/mol. The molecule has 2 rings (SSSR count). The van der Waals surface area contributed by atoms with Gasteiger partial charge in [0.15, 0.2) is 5.43 Å². The Bertz CT molecular complexity index is 631. The highest BCUT2D eigenvalue weighted by Crippen LogP contribution is 2.19. The van der Waals surface area contributed by atoms with E-state index < -0.39 is 0 Å². The van der Waals surface area contributed by atoms with Crippen molar-refractivity contribution >= 4 is 10.9 Å². The molecule has 0 amide bonds. The van der Waals surface area contributed by atoms with E-state index in [4.69, 9.17) is 9.47 Å². The van der Waals surface area contributed by atoms with Gasteiger partial charge in [-0.2, -0.15) is 0 Å². The Morgan fingerprint density at radius 1 is 1.26 bits per heavy atom. The molecule has 0 saturated carbocycles. The maximum absolute atomic E-state index is 12.0. The number of aromatic nitrogens is 1. The third kappa shape index (κ3) is 2.96. The Hall–Kier alpha value is -1.81. The van der Waals surface area contributed by atoms with Gasteiger partial charge in [-0.25, -0.2) is 0 Å². The van der Waals surface area contributed by atoms with Crippen LogP contribution in [0.4, 0.5) is 0 Å². The van der Waals surface area contributed by atoms with E-state index in [-0.39, 0.29) is 5.43 Å². The van der Waals surface area contributed by atoms with Gasteiger partial charge in [0.1, 0.15) is 5.75 Å². The predicted octanol–water partition coefficient (Wildman–Crippen LogP) is 2.26. The van der Waals surface area contributed by atoms with Crippen LogP contribution in [0.15, 0.2) is 29.2 Å². The van der Waals surface area contributed by atoms with Crippen LogP contribution in [0.1, 0.15) is 12.0 Å². The quantitative estimate of drug-likeness (QED) is 0.775. The number of aryl methyl sites for hydroxylation is 2. The third-order valence-electron chi connectivity index (χ3n) is 3.10. The Kier molecular flexibility index (Phi) is 4.22. The lowest BCUT2D eigenvalue weighted by atomic mass is 10.1. The van der Waals surface area contributed by atoms with Gasteiger partial charge in [0, 0.05) is 50.4 Å². The maximum atomic E-state index is 12.0. The zero-order chi connectivity index (χ0) is 13.8. The van der Waals surface area contributed by atoms with Crippen molar-refractivity contribution < 1.29 is 9.47 Å². The molecule has 0 radical (unpaired) electrons. The largest absolute Gasteiger partial charge is 0.493 e.